The van der Waals surface area contributed by atoms with E-state index in [1.807, 2.05) is 11.8 Å². The summed E-state index contributed by atoms with van der Waals surface area (Å²) in [5, 5.41) is 1.19. The number of carbonyl (C=O) groups is 1. The van der Waals surface area contributed by atoms with E-state index < -0.39 is 0 Å². The maximum atomic E-state index is 12.7. The van der Waals surface area contributed by atoms with Gasteiger partial charge in [0, 0.05) is 19.0 Å². The number of halogens is 2. The van der Waals surface area contributed by atoms with Gasteiger partial charge >= 0.3 is 0 Å². The molecule has 2 N–H and O–H groups in total. The number of likely N-dealkylation sites (tertiary alicyclic amines) is 1. The molecule has 1 saturated carbocycles. The largest absolute Gasteiger partial charge is 0.338 e. The van der Waals surface area contributed by atoms with E-state index in [4.69, 9.17) is 10.7 Å². The quantitative estimate of drug-likeness (QED) is 0.869. The third-order valence-corrected chi connectivity index (χ3v) is 6.25. The molecular weight excluding hydrogens is 353 g/mol. The van der Waals surface area contributed by atoms with Crippen molar-refractivity contribution in [3.63, 3.8) is 0 Å². The summed E-state index contributed by atoms with van der Waals surface area (Å²) in [5.74, 6) is 1.37. The SMILES string of the molecule is Cc1nc(C2CCCC2)sc1C(=O)N1CCC(CN)CC1.Cl.Cl. The van der Waals surface area contributed by atoms with Crippen LogP contribution in [0.4, 0.5) is 0 Å². The van der Waals surface area contributed by atoms with Gasteiger partial charge in [-0.05, 0) is 45.1 Å². The standard InChI is InChI=1S/C16H25N3OS.2ClH/c1-11-14(21-15(18-11)13-4-2-3-5-13)16(20)19-8-6-12(10-17)7-9-19;;/h12-13H,2-10,17H2,1H3;2*1H. The molecule has 0 aromatic carbocycles. The number of rotatable bonds is 3. The van der Waals surface area contributed by atoms with E-state index in [0.29, 0.717) is 11.8 Å². The third kappa shape index (κ3) is 4.59. The molecule has 1 aliphatic heterocycles. The maximum absolute atomic E-state index is 12.7. The average molecular weight is 380 g/mol. The molecule has 0 atom stereocenters. The van der Waals surface area contributed by atoms with E-state index in [1.165, 1.54) is 30.7 Å². The van der Waals surface area contributed by atoms with Gasteiger partial charge in [-0.3, -0.25) is 4.79 Å². The number of nitrogens with two attached hydrogens (primary N) is 1. The Morgan fingerprint density at radius 2 is 1.83 bits per heavy atom. The second-order valence-electron chi connectivity index (χ2n) is 6.42. The molecule has 0 bridgehead atoms. The highest BCUT2D eigenvalue weighted by atomic mass is 35.5. The number of nitrogens with zero attached hydrogens (tertiary/aromatic N) is 2. The van der Waals surface area contributed by atoms with Crippen LogP contribution in [0.15, 0.2) is 0 Å². The Hall–Kier alpha value is -0.360. The van der Waals surface area contributed by atoms with E-state index in [1.54, 1.807) is 11.3 Å². The van der Waals surface area contributed by atoms with Crippen LogP contribution in [0.25, 0.3) is 0 Å². The van der Waals surface area contributed by atoms with Crippen molar-refractivity contribution in [2.45, 2.75) is 51.4 Å². The Balaban J connectivity index is 0.00000132. The lowest BCUT2D eigenvalue weighted by atomic mass is 9.97. The first kappa shape index (κ1) is 20.7. The van der Waals surface area contributed by atoms with Gasteiger partial charge in [-0.15, -0.1) is 36.2 Å². The summed E-state index contributed by atoms with van der Waals surface area (Å²) in [4.78, 5) is 20.3. The van der Waals surface area contributed by atoms with Crippen LogP contribution in [0.2, 0.25) is 0 Å². The van der Waals surface area contributed by atoms with Gasteiger partial charge in [0.2, 0.25) is 0 Å². The number of aromatic nitrogens is 1. The lowest BCUT2D eigenvalue weighted by Gasteiger charge is -2.31. The third-order valence-electron chi connectivity index (χ3n) is 4.95. The van der Waals surface area contributed by atoms with Gasteiger partial charge in [0.15, 0.2) is 0 Å². The molecule has 132 valence electrons. The summed E-state index contributed by atoms with van der Waals surface area (Å²) < 4.78 is 0. The summed E-state index contributed by atoms with van der Waals surface area (Å²) in [7, 11) is 0. The van der Waals surface area contributed by atoms with Crippen molar-refractivity contribution in [2.24, 2.45) is 11.7 Å². The smallest absolute Gasteiger partial charge is 0.265 e. The normalized spacial score (nSPS) is 19.3. The minimum atomic E-state index is 0. The summed E-state index contributed by atoms with van der Waals surface area (Å²) in [5.41, 5.74) is 6.65. The highest BCUT2D eigenvalue weighted by Crippen LogP contribution is 2.37. The molecule has 0 unspecified atom stereocenters. The molecule has 23 heavy (non-hydrogen) atoms. The van der Waals surface area contributed by atoms with Crippen LogP contribution in [0.1, 0.15) is 64.8 Å². The second kappa shape index (κ2) is 9.21. The fraction of sp³-hybridized carbons (Fsp3) is 0.750. The zero-order valence-electron chi connectivity index (χ0n) is 13.6. The fourth-order valence-electron chi connectivity index (χ4n) is 3.48. The first-order valence-electron chi connectivity index (χ1n) is 8.15. The number of amides is 1. The number of piperidine rings is 1. The van der Waals surface area contributed by atoms with E-state index in [9.17, 15) is 4.79 Å². The first-order valence-corrected chi connectivity index (χ1v) is 8.97. The number of thiazole rings is 1. The molecule has 7 heteroatoms. The van der Waals surface area contributed by atoms with Crippen molar-refractivity contribution in [1.29, 1.82) is 0 Å². The number of carbonyl (C=O) groups excluding carboxylic acids is 1. The molecule has 4 nitrogen and oxygen atoms in total. The van der Waals surface area contributed by atoms with Crippen molar-refractivity contribution in [3.05, 3.63) is 15.6 Å². The Kier molecular flexibility index (Phi) is 8.28. The molecule has 1 aromatic heterocycles. The summed E-state index contributed by atoms with van der Waals surface area (Å²) in [6.45, 7) is 4.41. The summed E-state index contributed by atoms with van der Waals surface area (Å²) in [6.07, 6.45) is 7.16. The lowest BCUT2D eigenvalue weighted by Crippen LogP contribution is -2.40. The molecule has 1 saturated heterocycles. The maximum Gasteiger partial charge on any atom is 0.265 e. The van der Waals surface area contributed by atoms with Crippen molar-refractivity contribution in [3.8, 4) is 0 Å². The highest BCUT2D eigenvalue weighted by Gasteiger charge is 2.28. The number of hydrogen-bond acceptors (Lipinski definition) is 4. The molecule has 2 fully saturated rings. The van der Waals surface area contributed by atoms with E-state index >= 15 is 0 Å². The Morgan fingerprint density at radius 3 is 2.39 bits per heavy atom. The van der Waals surface area contributed by atoms with Crippen molar-refractivity contribution in [2.75, 3.05) is 19.6 Å². The van der Waals surface area contributed by atoms with Gasteiger partial charge in [0.05, 0.1) is 10.7 Å². The molecule has 1 aliphatic carbocycles. The molecule has 2 heterocycles. The molecule has 1 aromatic rings. The summed E-state index contributed by atoms with van der Waals surface area (Å²) in [6, 6.07) is 0. The number of aryl methyl sites for hydroxylation is 1. The van der Waals surface area contributed by atoms with Gasteiger partial charge in [0.1, 0.15) is 4.88 Å². The Labute approximate surface area is 155 Å². The van der Waals surface area contributed by atoms with Gasteiger partial charge in [-0.25, -0.2) is 4.98 Å². The topological polar surface area (TPSA) is 59.2 Å². The van der Waals surface area contributed by atoms with Crippen LogP contribution < -0.4 is 5.73 Å². The zero-order chi connectivity index (χ0) is 14.8. The molecule has 0 spiro atoms. The van der Waals surface area contributed by atoms with Crippen molar-refractivity contribution < 1.29 is 4.79 Å². The van der Waals surface area contributed by atoms with E-state index in [2.05, 4.69) is 0 Å². The van der Waals surface area contributed by atoms with E-state index in [-0.39, 0.29) is 30.7 Å². The van der Waals surface area contributed by atoms with Crippen LogP contribution in [0.5, 0.6) is 0 Å². The van der Waals surface area contributed by atoms with Gasteiger partial charge in [-0.1, -0.05) is 12.8 Å². The van der Waals surface area contributed by atoms with Gasteiger partial charge in [0.25, 0.3) is 5.91 Å². The van der Waals surface area contributed by atoms with Crippen LogP contribution in [-0.4, -0.2) is 35.4 Å². The minimum Gasteiger partial charge on any atom is -0.338 e. The molecule has 2 aliphatic rings. The van der Waals surface area contributed by atoms with E-state index in [0.717, 1.165) is 43.0 Å². The predicted molar refractivity (Wildman–Crippen MR) is 100 cm³/mol. The molecule has 3 rings (SSSR count). The Bertz CT molecular complexity index is 509. The zero-order valence-corrected chi connectivity index (χ0v) is 16.1. The van der Waals surface area contributed by atoms with Crippen LogP contribution in [-0.2, 0) is 0 Å². The van der Waals surface area contributed by atoms with Crippen LogP contribution >= 0.6 is 36.2 Å². The monoisotopic (exact) mass is 379 g/mol. The number of hydrogen-bond donors (Lipinski definition) is 1. The van der Waals surface area contributed by atoms with Crippen LogP contribution in [0, 0.1) is 12.8 Å². The second-order valence-corrected chi connectivity index (χ2v) is 7.45. The van der Waals surface area contributed by atoms with Crippen molar-refractivity contribution in [1.82, 2.24) is 9.88 Å². The Morgan fingerprint density at radius 1 is 1.22 bits per heavy atom. The van der Waals surface area contributed by atoms with Gasteiger partial charge in [-0.2, -0.15) is 0 Å². The van der Waals surface area contributed by atoms with Crippen LogP contribution in [0.3, 0.4) is 0 Å². The average Bonchev–Trinajstić information content (AvgIpc) is 3.16. The summed E-state index contributed by atoms with van der Waals surface area (Å²) >= 11 is 1.64. The highest BCUT2D eigenvalue weighted by molar-refractivity contribution is 7.13. The fourth-order valence-corrected chi connectivity index (χ4v) is 4.68. The first-order chi connectivity index (χ1) is 10.2. The predicted octanol–water partition coefficient (Wildman–Crippen LogP) is 3.76. The lowest BCUT2D eigenvalue weighted by molar-refractivity contribution is 0.0697. The molecule has 1 amide bonds. The molecule has 0 radical (unpaired) electrons. The molecular formula is C16H27Cl2N3OS. The minimum absolute atomic E-state index is 0. The van der Waals surface area contributed by atoms with Crippen molar-refractivity contribution >= 4 is 42.1 Å². The van der Waals surface area contributed by atoms with Gasteiger partial charge < -0.3 is 10.6 Å².